The molecule has 0 aliphatic rings. The molecule has 0 aliphatic heterocycles. The van der Waals surface area contributed by atoms with Crippen molar-refractivity contribution < 1.29 is 4.79 Å². The number of nitrogens with one attached hydrogen (secondary N) is 1. The van der Waals surface area contributed by atoms with Crippen LogP contribution in [0.3, 0.4) is 0 Å². The van der Waals surface area contributed by atoms with Crippen molar-refractivity contribution in [3.63, 3.8) is 0 Å². The van der Waals surface area contributed by atoms with Gasteiger partial charge in [-0.05, 0) is 0 Å². The van der Waals surface area contributed by atoms with E-state index in [9.17, 15) is 4.79 Å². The van der Waals surface area contributed by atoms with Crippen molar-refractivity contribution >= 4 is 29.1 Å². The molecule has 16 heavy (non-hydrogen) atoms. The van der Waals surface area contributed by atoms with Crippen LogP contribution in [-0.2, 0) is 5.41 Å². The van der Waals surface area contributed by atoms with Gasteiger partial charge in [0.05, 0.1) is 11.8 Å². The van der Waals surface area contributed by atoms with E-state index in [0.717, 1.165) is 12.0 Å². The molecule has 2 rings (SSSR count). The van der Waals surface area contributed by atoms with Gasteiger partial charge >= 0.3 is 0 Å². The zero-order chi connectivity index (χ0) is 11.9. The van der Waals surface area contributed by atoms with Crippen molar-refractivity contribution in [2.75, 3.05) is 0 Å². The number of carbonyl (C=O) groups excluding carboxylic acids is 1. The number of fused-ring (bicyclic) bond motifs is 1. The molecule has 0 aliphatic carbocycles. The van der Waals surface area contributed by atoms with Crippen molar-refractivity contribution in [3.8, 4) is 0 Å². The highest BCUT2D eigenvalue weighted by Crippen LogP contribution is 2.28. The number of aldehydes is 1. The summed E-state index contributed by atoms with van der Waals surface area (Å²) in [6, 6.07) is 0. The molecule has 0 atom stereocenters. The summed E-state index contributed by atoms with van der Waals surface area (Å²) in [5.41, 5.74) is 2.36. The Morgan fingerprint density at radius 3 is 2.69 bits per heavy atom. The lowest BCUT2D eigenvalue weighted by molar-refractivity contribution is 0.112. The van der Waals surface area contributed by atoms with Crippen LogP contribution >= 0.6 is 11.6 Å². The van der Waals surface area contributed by atoms with E-state index in [2.05, 4.69) is 15.0 Å². The first kappa shape index (κ1) is 11.1. The van der Waals surface area contributed by atoms with Crippen LogP contribution in [0, 0.1) is 0 Å². The predicted molar refractivity (Wildman–Crippen MR) is 63.0 cm³/mol. The number of H-pyrrole nitrogens is 1. The Morgan fingerprint density at radius 1 is 1.44 bits per heavy atom. The average Bonchev–Trinajstić information content (AvgIpc) is 2.54. The third-order valence-corrected chi connectivity index (χ3v) is 2.56. The molecule has 1 N–H and O–H groups in total. The summed E-state index contributed by atoms with van der Waals surface area (Å²) >= 11 is 5.76. The van der Waals surface area contributed by atoms with Crippen LogP contribution in [0.2, 0.25) is 5.15 Å². The van der Waals surface area contributed by atoms with Crippen LogP contribution in [0.4, 0.5) is 0 Å². The summed E-state index contributed by atoms with van der Waals surface area (Å²) in [6.45, 7) is 6.06. The molecule has 5 heteroatoms. The zero-order valence-corrected chi connectivity index (χ0v) is 10.1. The topological polar surface area (TPSA) is 58.6 Å². The van der Waals surface area contributed by atoms with E-state index in [1.807, 2.05) is 20.8 Å². The van der Waals surface area contributed by atoms with E-state index in [-0.39, 0.29) is 5.41 Å². The number of nitrogens with zero attached hydrogens (tertiary/aromatic N) is 2. The lowest BCUT2D eigenvalue weighted by Crippen LogP contribution is -2.13. The molecule has 4 nitrogen and oxygen atoms in total. The molecule has 0 amide bonds. The molecule has 0 radical (unpaired) electrons. The Bertz CT molecular complexity index is 554. The summed E-state index contributed by atoms with van der Waals surface area (Å²) in [6.07, 6.45) is 2.25. The van der Waals surface area contributed by atoms with Crippen LogP contribution < -0.4 is 0 Å². The second-order valence-corrected chi connectivity index (χ2v) is 5.06. The molecule has 0 aromatic carbocycles. The minimum absolute atomic E-state index is 0.162. The summed E-state index contributed by atoms with van der Waals surface area (Å²) in [7, 11) is 0. The number of hydrogen-bond acceptors (Lipinski definition) is 3. The number of halogens is 1. The number of aromatic nitrogens is 3. The van der Waals surface area contributed by atoms with Gasteiger partial charge in [0.1, 0.15) is 10.7 Å². The molecule has 2 heterocycles. The Balaban J connectivity index is 2.81. The quantitative estimate of drug-likeness (QED) is 0.776. The largest absolute Gasteiger partial charge is 0.341 e. The van der Waals surface area contributed by atoms with Gasteiger partial charge in [0.15, 0.2) is 11.9 Å². The van der Waals surface area contributed by atoms with Crippen LogP contribution in [0.1, 0.15) is 36.8 Å². The summed E-state index contributed by atoms with van der Waals surface area (Å²) in [5, 5.41) is 0.312. The first-order valence-electron chi connectivity index (χ1n) is 4.93. The van der Waals surface area contributed by atoms with Gasteiger partial charge < -0.3 is 4.98 Å². The molecule has 0 bridgehead atoms. The van der Waals surface area contributed by atoms with E-state index in [1.165, 1.54) is 6.20 Å². The molecule has 0 spiro atoms. The predicted octanol–water partition coefficient (Wildman–Crippen LogP) is 2.72. The Hall–Kier alpha value is -1.42. The molecule has 0 saturated carbocycles. The van der Waals surface area contributed by atoms with Crippen molar-refractivity contribution in [1.29, 1.82) is 0 Å². The van der Waals surface area contributed by atoms with Gasteiger partial charge in [-0.3, -0.25) is 4.79 Å². The number of rotatable bonds is 1. The summed E-state index contributed by atoms with van der Waals surface area (Å²) in [4.78, 5) is 22.5. The average molecular weight is 238 g/mol. The van der Waals surface area contributed by atoms with Gasteiger partial charge in [-0.15, -0.1) is 0 Å². The second kappa shape index (κ2) is 3.56. The molecule has 2 aromatic heterocycles. The monoisotopic (exact) mass is 237 g/mol. The summed E-state index contributed by atoms with van der Waals surface area (Å²) in [5.74, 6) is 0. The smallest absolute Gasteiger partial charge is 0.158 e. The normalized spacial score (nSPS) is 12.0. The highest BCUT2D eigenvalue weighted by molar-refractivity contribution is 6.29. The molecular weight excluding hydrogens is 226 g/mol. The Labute approximate surface area is 98.1 Å². The van der Waals surface area contributed by atoms with Crippen molar-refractivity contribution in [2.24, 2.45) is 0 Å². The maximum absolute atomic E-state index is 11.1. The Kier molecular flexibility index (Phi) is 2.46. The van der Waals surface area contributed by atoms with E-state index < -0.39 is 0 Å². The van der Waals surface area contributed by atoms with Crippen molar-refractivity contribution in [1.82, 2.24) is 15.0 Å². The van der Waals surface area contributed by atoms with Gasteiger partial charge in [-0.25, -0.2) is 9.97 Å². The highest BCUT2D eigenvalue weighted by Gasteiger charge is 2.23. The van der Waals surface area contributed by atoms with E-state index in [1.54, 1.807) is 0 Å². The second-order valence-electron chi connectivity index (χ2n) is 4.67. The maximum Gasteiger partial charge on any atom is 0.158 e. The van der Waals surface area contributed by atoms with Gasteiger partial charge in [0.25, 0.3) is 0 Å². The van der Waals surface area contributed by atoms with E-state index in [0.29, 0.717) is 21.9 Å². The molecule has 0 saturated heterocycles. The fraction of sp³-hybridized carbons (Fsp3) is 0.364. The number of aromatic amines is 1. The first-order chi connectivity index (χ1) is 7.43. The minimum Gasteiger partial charge on any atom is -0.341 e. The fourth-order valence-electron chi connectivity index (χ4n) is 1.66. The van der Waals surface area contributed by atoms with E-state index in [4.69, 9.17) is 11.6 Å². The standard InChI is InChI=1S/C11H12ClN3O/c1-11(2,3)9-6(5-16)8-10(15-9)14-7(12)4-13-8/h4-5H,1-3H3,(H,14,15). The van der Waals surface area contributed by atoms with Crippen molar-refractivity contribution in [2.45, 2.75) is 26.2 Å². The van der Waals surface area contributed by atoms with Gasteiger partial charge in [-0.1, -0.05) is 32.4 Å². The molecule has 2 aromatic rings. The van der Waals surface area contributed by atoms with Crippen LogP contribution in [0.5, 0.6) is 0 Å². The van der Waals surface area contributed by atoms with Gasteiger partial charge in [0.2, 0.25) is 0 Å². The van der Waals surface area contributed by atoms with Crippen molar-refractivity contribution in [3.05, 3.63) is 22.6 Å². The fourth-order valence-corrected chi connectivity index (χ4v) is 1.80. The highest BCUT2D eigenvalue weighted by atomic mass is 35.5. The Morgan fingerprint density at radius 2 is 2.12 bits per heavy atom. The minimum atomic E-state index is -0.162. The van der Waals surface area contributed by atoms with E-state index >= 15 is 0 Å². The third-order valence-electron chi connectivity index (χ3n) is 2.38. The van der Waals surface area contributed by atoms with Crippen LogP contribution in [0.25, 0.3) is 11.2 Å². The van der Waals surface area contributed by atoms with Crippen LogP contribution in [0.15, 0.2) is 6.20 Å². The zero-order valence-electron chi connectivity index (χ0n) is 9.34. The number of hydrogen-bond donors (Lipinski definition) is 1. The molecule has 0 unspecified atom stereocenters. The maximum atomic E-state index is 11.1. The van der Waals surface area contributed by atoms with Gasteiger partial charge in [-0.2, -0.15) is 0 Å². The molecule has 84 valence electrons. The molecule has 0 fully saturated rings. The SMILES string of the molecule is CC(C)(C)c1[nH]c2nc(Cl)cnc2c1C=O. The van der Waals surface area contributed by atoms with Gasteiger partial charge in [0, 0.05) is 11.1 Å². The lowest BCUT2D eigenvalue weighted by Gasteiger charge is -2.17. The lowest BCUT2D eigenvalue weighted by atomic mass is 9.90. The third kappa shape index (κ3) is 1.69. The number of carbonyl (C=O) groups is 1. The molecular formula is C11H12ClN3O. The summed E-state index contributed by atoms with van der Waals surface area (Å²) < 4.78 is 0. The first-order valence-corrected chi connectivity index (χ1v) is 5.31. The van der Waals surface area contributed by atoms with Crippen LogP contribution in [-0.4, -0.2) is 21.2 Å².